The van der Waals surface area contributed by atoms with E-state index in [-0.39, 0.29) is 5.91 Å². The van der Waals surface area contributed by atoms with Crippen molar-refractivity contribution in [1.82, 2.24) is 14.9 Å². The van der Waals surface area contributed by atoms with Crippen LogP contribution in [0.25, 0.3) is 0 Å². The van der Waals surface area contributed by atoms with Crippen LogP contribution in [-0.2, 0) is 0 Å². The van der Waals surface area contributed by atoms with Crippen molar-refractivity contribution in [3.8, 4) is 0 Å². The van der Waals surface area contributed by atoms with E-state index in [0.717, 1.165) is 63.6 Å². The molecule has 0 aliphatic carbocycles. The molecule has 0 radical (unpaired) electrons. The van der Waals surface area contributed by atoms with Crippen LogP contribution < -0.4 is 9.80 Å². The lowest BCUT2D eigenvalue weighted by Gasteiger charge is -2.37. The molecule has 6 nitrogen and oxygen atoms in total. The molecule has 3 heterocycles. The number of nitrogens with zero attached hydrogens (tertiary/aromatic N) is 5. The molecule has 0 unspecified atom stereocenters. The number of aromatic nitrogens is 2. The van der Waals surface area contributed by atoms with Gasteiger partial charge in [-0.3, -0.25) is 9.78 Å². The van der Waals surface area contributed by atoms with E-state index in [4.69, 9.17) is 23.2 Å². The predicted molar refractivity (Wildman–Crippen MR) is 108 cm³/mol. The summed E-state index contributed by atoms with van der Waals surface area (Å²) in [6.07, 6.45) is 5.41. The van der Waals surface area contributed by atoms with Gasteiger partial charge in [-0.2, -0.15) is 0 Å². The van der Waals surface area contributed by atoms with Crippen molar-refractivity contribution < 1.29 is 4.79 Å². The largest absolute Gasteiger partial charge is 0.367 e. The maximum Gasteiger partial charge on any atom is 0.274 e. The number of anilines is 2. The van der Waals surface area contributed by atoms with Crippen LogP contribution in [0.2, 0.25) is 10.0 Å². The number of rotatable bonds is 3. The summed E-state index contributed by atoms with van der Waals surface area (Å²) in [6, 6.07) is 5.69. The van der Waals surface area contributed by atoms with Gasteiger partial charge in [-0.1, -0.05) is 29.3 Å². The molecule has 0 bridgehead atoms. The Kier molecular flexibility index (Phi) is 5.36. The van der Waals surface area contributed by atoms with Crippen LogP contribution in [0.1, 0.15) is 23.3 Å². The van der Waals surface area contributed by atoms with E-state index < -0.39 is 0 Å². The molecule has 2 aromatic rings. The fraction of sp³-hybridized carbons (Fsp3) is 0.421. The zero-order chi connectivity index (χ0) is 18.8. The van der Waals surface area contributed by atoms with Crippen LogP contribution in [0.15, 0.2) is 30.6 Å². The van der Waals surface area contributed by atoms with Crippen molar-refractivity contribution in [3.63, 3.8) is 0 Å². The summed E-state index contributed by atoms with van der Waals surface area (Å²) in [7, 11) is 0. The average Bonchev–Trinajstić information content (AvgIpc) is 3.25. The van der Waals surface area contributed by atoms with Gasteiger partial charge in [0.25, 0.3) is 5.91 Å². The first kappa shape index (κ1) is 18.3. The molecule has 142 valence electrons. The number of hydrogen-bond acceptors (Lipinski definition) is 5. The van der Waals surface area contributed by atoms with Crippen molar-refractivity contribution in [2.45, 2.75) is 12.8 Å². The fourth-order valence-electron chi connectivity index (χ4n) is 3.61. The van der Waals surface area contributed by atoms with Gasteiger partial charge in [-0.25, -0.2) is 4.98 Å². The smallest absolute Gasteiger partial charge is 0.274 e. The van der Waals surface area contributed by atoms with Gasteiger partial charge in [0, 0.05) is 39.3 Å². The molecular weight excluding hydrogens is 385 g/mol. The summed E-state index contributed by atoms with van der Waals surface area (Å²) in [6.45, 7) is 4.77. The van der Waals surface area contributed by atoms with Gasteiger partial charge in [0.1, 0.15) is 11.5 Å². The Morgan fingerprint density at radius 1 is 0.926 bits per heavy atom. The molecule has 2 saturated heterocycles. The number of carbonyl (C=O) groups excluding carboxylic acids is 1. The van der Waals surface area contributed by atoms with Crippen LogP contribution >= 0.6 is 23.2 Å². The molecule has 1 amide bonds. The lowest BCUT2D eigenvalue weighted by molar-refractivity contribution is 0.0786. The Balaban J connectivity index is 1.44. The maximum atomic E-state index is 12.6. The van der Waals surface area contributed by atoms with Gasteiger partial charge in [0.15, 0.2) is 0 Å². The fourth-order valence-corrected chi connectivity index (χ4v) is 4.02. The summed E-state index contributed by atoms with van der Waals surface area (Å²) < 4.78 is 0. The molecule has 0 spiro atoms. The molecule has 27 heavy (non-hydrogen) atoms. The molecule has 2 aliphatic rings. The lowest BCUT2D eigenvalue weighted by atomic mass is 10.2. The average molecular weight is 406 g/mol. The summed E-state index contributed by atoms with van der Waals surface area (Å²) in [4.78, 5) is 27.6. The Hall–Kier alpha value is -2.05. The Morgan fingerprint density at radius 3 is 2.37 bits per heavy atom. The van der Waals surface area contributed by atoms with Gasteiger partial charge in [-0.05, 0) is 25.0 Å². The summed E-state index contributed by atoms with van der Waals surface area (Å²) in [5.41, 5.74) is 1.38. The first-order valence-corrected chi connectivity index (χ1v) is 9.94. The van der Waals surface area contributed by atoms with E-state index in [2.05, 4.69) is 19.8 Å². The molecule has 2 aliphatic heterocycles. The zero-order valence-electron chi connectivity index (χ0n) is 14.9. The highest BCUT2D eigenvalue weighted by Gasteiger charge is 2.24. The summed E-state index contributed by atoms with van der Waals surface area (Å²) >= 11 is 12.5. The SMILES string of the molecule is O=C(c1cncc(N2CCN(c3cccc(Cl)c3Cl)CC2)n1)N1CCCC1. The minimum Gasteiger partial charge on any atom is -0.367 e. The van der Waals surface area contributed by atoms with E-state index in [1.807, 2.05) is 17.0 Å². The minimum atomic E-state index is -0.0220. The van der Waals surface area contributed by atoms with E-state index in [0.29, 0.717) is 15.7 Å². The number of likely N-dealkylation sites (tertiary alicyclic amines) is 1. The van der Waals surface area contributed by atoms with Crippen molar-refractivity contribution >= 4 is 40.6 Å². The summed E-state index contributed by atoms with van der Waals surface area (Å²) in [5, 5.41) is 1.15. The molecule has 0 atom stereocenters. The van der Waals surface area contributed by atoms with E-state index in [9.17, 15) is 4.79 Å². The highest BCUT2D eigenvalue weighted by Crippen LogP contribution is 2.33. The number of amides is 1. The van der Waals surface area contributed by atoms with Crippen LogP contribution in [0, 0.1) is 0 Å². The number of benzene rings is 1. The van der Waals surface area contributed by atoms with Gasteiger partial charge >= 0.3 is 0 Å². The van der Waals surface area contributed by atoms with Crippen LogP contribution in [0.3, 0.4) is 0 Å². The topological polar surface area (TPSA) is 52.6 Å². The molecule has 0 saturated carbocycles. The van der Waals surface area contributed by atoms with Crippen molar-refractivity contribution in [2.24, 2.45) is 0 Å². The normalized spacial score (nSPS) is 17.5. The Morgan fingerprint density at radius 2 is 1.63 bits per heavy atom. The molecule has 2 fully saturated rings. The van der Waals surface area contributed by atoms with Crippen molar-refractivity contribution in [1.29, 1.82) is 0 Å². The van der Waals surface area contributed by atoms with Gasteiger partial charge in [0.05, 0.1) is 28.1 Å². The van der Waals surface area contributed by atoms with Gasteiger partial charge < -0.3 is 14.7 Å². The van der Waals surface area contributed by atoms with E-state index in [1.165, 1.54) is 0 Å². The Labute approximate surface area is 168 Å². The van der Waals surface area contributed by atoms with Crippen LogP contribution in [-0.4, -0.2) is 60.0 Å². The monoisotopic (exact) mass is 405 g/mol. The lowest BCUT2D eigenvalue weighted by Crippen LogP contribution is -2.47. The van der Waals surface area contributed by atoms with Gasteiger partial charge in [0.2, 0.25) is 0 Å². The van der Waals surface area contributed by atoms with E-state index >= 15 is 0 Å². The number of halogens is 2. The Bertz CT molecular complexity index is 833. The van der Waals surface area contributed by atoms with E-state index in [1.54, 1.807) is 18.5 Å². The third-order valence-electron chi connectivity index (χ3n) is 5.11. The second-order valence-corrected chi connectivity index (χ2v) is 7.59. The molecule has 8 heteroatoms. The molecule has 1 aromatic carbocycles. The zero-order valence-corrected chi connectivity index (χ0v) is 16.5. The third-order valence-corrected chi connectivity index (χ3v) is 5.92. The van der Waals surface area contributed by atoms with Crippen molar-refractivity contribution in [2.75, 3.05) is 49.1 Å². The number of hydrogen-bond donors (Lipinski definition) is 0. The van der Waals surface area contributed by atoms with Crippen LogP contribution in [0.4, 0.5) is 11.5 Å². The highest BCUT2D eigenvalue weighted by atomic mass is 35.5. The number of piperazine rings is 1. The standard InChI is InChI=1S/C19H21Cl2N5O/c20-14-4-3-5-16(18(14)21)24-8-10-25(11-9-24)17-13-22-12-15(23-17)19(27)26-6-1-2-7-26/h3-5,12-13H,1-2,6-11H2. The summed E-state index contributed by atoms with van der Waals surface area (Å²) in [5.74, 6) is 0.725. The molecular formula is C19H21Cl2N5O. The first-order valence-electron chi connectivity index (χ1n) is 9.19. The maximum absolute atomic E-state index is 12.6. The quantitative estimate of drug-likeness (QED) is 0.783. The predicted octanol–water partition coefficient (Wildman–Crippen LogP) is 3.35. The molecule has 1 aromatic heterocycles. The second-order valence-electron chi connectivity index (χ2n) is 6.81. The highest BCUT2D eigenvalue weighted by molar-refractivity contribution is 6.43. The minimum absolute atomic E-state index is 0.0220. The van der Waals surface area contributed by atoms with Gasteiger partial charge in [-0.15, -0.1) is 0 Å². The molecule has 4 rings (SSSR count). The van der Waals surface area contributed by atoms with Crippen LogP contribution in [0.5, 0.6) is 0 Å². The number of carbonyl (C=O) groups is 1. The second kappa shape index (κ2) is 7.90. The first-order chi connectivity index (χ1) is 13.1. The third kappa shape index (κ3) is 3.82. The molecule has 0 N–H and O–H groups in total. The van der Waals surface area contributed by atoms with Crippen molar-refractivity contribution in [3.05, 3.63) is 46.3 Å².